The lowest BCUT2D eigenvalue weighted by atomic mass is 9.86. The van der Waals surface area contributed by atoms with Crippen LogP contribution in [0, 0.1) is 5.41 Å². The van der Waals surface area contributed by atoms with E-state index < -0.39 is 6.04 Å². The molecule has 1 saturated heterocycles. The highest BCUT2D eigenvalue weighted by molar-refractivity contribution is 5.85. The van der Waals surface area contributed by atoms with Crippen LogP contribution in [0.2, 0.25) is 0 Å². The van der Waals surface area contributed by atoms with E-state index >= 15 is 0 Å². The second-order valence-electron chi connectivity index (χ2n) is 6.21. The average molecular weight is 265 g/mol. The fourth-order valence-electron chi connectivity index (χ4n) is 1.77. The van der Waals surface area contributed by atoms with Crippen molar-refractivity contribution in [1.29, 1.82) is 0 Å². The van der Waals surface area contributed by atoms with Crippen molar-refractivity contribution in [3.8, 4) is 0 Å². The number of nitrogens with zero attached hydrogens (tertiary/aromatic N) is 1. The molecule has 102 valence electrons. The number of rotatable bonds is 1. The summed E-state index contributed by atoms with van der Waals surface area (Å²) in [6.07, 6.45) is 0. The second kappa shape index (κ2) is 5.55. The van der Waals surface area contributed by atoms with E-state index in [1.54, 1.807) is 0 Å². The minimum Gasteiger partial charge on any atom is -0.372 e. The Morgan fingerprint density at radius 3 is 2.35 bits per heavy atom. The Kier molecular flexibility index (Phi) is 5.44. The summed E-state index contributed by atoms with van der Waals surface area (Å²) in [7, 11) is 0. The SMILES string of the molecule is CC1(C)CN(C(=O)[C@@H](N)C(C)(C)C)CCO1.Cl. The largest absolute Gasteiger partial charge is 0.372 e. The van der Waals surface area contributed by atoms with Gasteiger partial charge in [0.15, 0.2) is 0 Å². The molecule has 1 fully saturated rings. The Morgan fingerprint density at radius 2 is 1.94 bits per heavy atom. The molecule has 4 nitrogen and oxygen atoms in total. The predicted molar refractivity (Wildman–Crippen MR) is 71.3 cm³/mol. The molecule has 5 heteroatoms. The lowest BCUT2D eigenvalue weighted by Gasteiger charge is -2.40. The van der Waals surface area contributed by atoms with Crippen LogP contribution in [0.5, 0.6) is 0 Å². The molecular formula is C12H25ClN2O2. The number of hydrogen-bond acceptors (Lipinski definition) is 3. The van der Waals surface area contributed by atoms with Gasteiger partial charge in [-0.1, -0.05) is 20.8 Å². The van der Waals surface area contributed by atoms with E-state index in [4.69, 9.17) is 10.5 Å². The Labute approximate surface area is 110 Å². The van der Waals surface area contributed by atoms with Crippen molar-refractivity contribution in [2.24, 2.45) is 11.1 Å². The molecule has 0 aliphatic carbocycles. The zero-order chi connectivity index (χ0) is 12.6. The number of ether oxygens (including phenoxy) is 1. The first-order valence-electron chi connectivity index (χ1n) is 5.82. The third-order valence-corrected chi connectivity index (χ3v) is 2.94. The summed E-state index contributed by atoms with van der Waals surface area (Å²) in [6, 6.07) is -0.443. The molecule has 17 heavy (non-hydrogen) atoms. The maximum Gasteiger partial charge on any atom is 0.240 e. The molecule has 0 radical (unpaired) electrons. The smallest absolute Gasteiger partial charge is 0.240 e. The van der Waals surface area contributed by atoms with E-state index in [9.17, 15) is 4.79 Å². The third-order valence-electron chi connectivity index (χ3n) is 2.94. The molecule has 1 aliphatic heterocycles. The topological polar surface area (TPSA) is 55.6 Å². The first kappa shape index (κ1) is 16.7. The Balaban J connectivity index is 0.00000256. The molecule has 1 amide bonds. The van der Waals surface area contributed by atoms with Crippen molar-refractivity contribution in [3.63, 3.8) is 0 Å². The lowest BCUT2D eigenvalue weighted by molar-refractivity contribution is -0.149. The standard InChI is InChI=1S/C12H24N2O2.ClH/c1-11(2,3)9(13)10(15)14-6-7-16-12(4,5)8-14;/h9H,6-8,13H2,1-5H3;1H/t9-;/m1./s1. The van der Waals surface area contributed by atoms with Crippen LogP contribution in [-0.4, -0.2) is 42.1 Å². The number of carbonyl (C=O) groups excluding carboxylic acids is 1. The third kappa shape index (κ3) is 4.45. The number of halogens is 1. The summed E-state index contributed by atoms with van der Waals surface area (Å²) in [4.78, 5) is 14.0. The van der Waals surface area contributed by atoms with Crippen molar-refractivity contribution in [2.75, 3.05) is 19.7 Å². The van der Waals surface area contributed by atoms with Crippen molar-refractivity contribution in [3.05, 3.63) is 0 Å². The van der Waals surface area contributed by atoms with Gasteiger partial charge in [0.1, 0.15) is 0 Å². The molecular weight excluding hydrogens is 240 g/mol. The van der Waals surface area contributed by atoms with Crippen LogP contribution >= 0.6 is 12.4 Å². The van der Waals surface area contributed by atoms with Gasteiger partial charge >= 0.3 is 0 Å². The lowest BCUT2D eigenvalue weighted by Crippen LogP contribution is -2.57. The van der Waals surface area contributed by atoms with Gasteiger partial charge in [-0.3, -0.25) is 4.79 Å². The highest BCUT2D eigenvalue weighted by Gasteiger charge is 2.35. The van der Waals surface area contributed by atoms with E-state index in [0.29, 0.717) is 19.7 Å². The van der Waals surface area contributed by atoms with Gasteiger partial charge in [0.05, 0.1) is 18.2 Å². The molecule has 0 unspecified atom stereocenters. The summed E-state index contributed by atoms with van der Waals surface area (Å²) < 4.78 is 5.58. The summed E-state index contributed by atoms with van der Waals surface area (Å²) >= 11 is 0. The Hall–Kier alpha value is -0.320. The number of carbonyl (C=O) groups is 1. The van der Waals surface area contributed by atoms with Crippen molar-refractivity contribution < 1.29 is 9.53 Å². The second-order valence-corrected chi connectivity index (χ2v) is 6.21. The maximum absolute atomic E-state index is 12.2. The zero-order valence-corrected chi connectivity index (χ0v) is 12.3. The van der Waals surface area contributed by atoms with Crippen LogP contribution in [-0.2, 0) is 9.53 Å². The van der Waals surface area contributed by atoms with E-state index in [2.05, 4.69) is 0 Å². The van der Waals surface area contributed by atoms with Gasteiger partial charge in [0, 0.05) is 13.1 Å². The Bertz CT molecular complexity index is 274. The molecule has 1 rings (SSSR count). The minimum atomic E-state index is -0.443. The molecule has 1 heterocycles. The monoisotopic (exact) mass is 264 g/mol. The number of morpholine rings is 1. The van der Waals surface area contributed by atoms with Gasteiger partial charge in [-0.05, 0) is 19.3 Å². The molecule has 1 aliphatic rings. The van der Waals surface area contributed by atoms with Crippen LogP contribution < -0.4 is 5.73 Å². The summed E-state index contributed by atoms with van der Waals surface area (Å²) in [6.45, 7) is 11.8. The molecule has 1 atom stereocenters. The highest BCUT2D eigenvalue weighted by atomic mass is 35.5. The number of hydrogen-bond donors (Lipinski definition) is 1. The van der Waals surface area contributed by atoms with Gasteiger partial charge in [0.2, 0.25) is 5.91 Å². The Morgan fingerprint density at radius 1 is 1.41 bits per heavy atom. The first-order valence-corrected chi connectivity index (χ1v) is 5.82. The highest BCUT2D eigenvalue weighted by Crippen LogP contribution is 2.22. The fourth-order valence-corrected chi connectivity index (χ4v) is 1.77. The normalized spacial score (nSPS) is 21.6. The van der Waals surface area contributed by atoms with Crippen LogP contribution in [0.4, 0.5) is 0 Å². The molecule has 0 spiro atoms. The fraction of sp³-hybridized carbons (Fsp3) is 0.917. The van der Waals surface area contributed by atoms with Gasteiger partial charge in [-0.2, -0.15) is 0 Å². The molecule has 0 aromatic heterocycles. The summed E-state index contributed by atoms with van der Waals surface area (Å²) in [5.41, 5.74) is 5.53. The van der Waals surface area contributed by atoms with Crippen LogP contribution in [0.1, 0.15) is 34.6 Å². The van der Waals surface area contributed by atoms with E-state index in [1.165, 1.54) is 0 Å². The predicted octanol–water partition coefficient (Wildman–Crippen LogP) is 1.42. The van der Waals surface area contributed by atoms with E-state index in [1.807, 2.05) is 39.5 Å². The van der Waals surface area contributed by atoms with Gasteiger partial charge in [-0.25, -0.2) is 0 Å². The van der Waals surface area contributed by atoms with Crippen molar-refractivity contribution in [1.82, 2.24) is 4.90 Å². The van der Waals surface area contributed by atoms with Crippen LogP contribution in [0.15, 0.2) is 0 Å². The zero-order valence-electron chi connectivity index (χ0n) is 11.4. The summed E-state index contributed by atoms with van der Waals surface area (Å²) in [5, 5.41) is 0. The molecule has 0 aromatic carbocycles. The van der Waals surface area contributed by atoms with Crippen LogP contribution in [0.25, 0.3) is 0 Å². The minimum absolute atomic E-state index is 0. The van der Waals surface area contributed by atoms with Gasteiger partial charge in [-0.15, -0.1) is 12.4 Å². The van der Waals surface area contributed by atoms with Crippen LogP contribution in [0.3, 0.4) is 0 Å². The van der Waals surface area contributed by atoms with Gasteiger partial charge < -0.3 is 15.4 Å². The first-order chi connectivity index (χ1) is 7.13. The van der Waals surface area contributed by atoms with E-state index in [-0.39, 0.29) is 29.3 Å². The van der Waals surface area contributed by atoms with E-state index in [0.717, 1.165) is 0 Å². The van der Waals surface area contributed by atoms with Crippen molar-refractivity contribution >= 4 is 18.3 Å². The quantitative estimate of drug-likeness (QED) is 0.779. The van der Waals surface area contributed by atoms with Crippen molar-refractivity contribution in [2.45, 2.75) is 46.3 Å². The number of nitrogens with two attached hydrogens (primary N) is 1. The van der Waals surface area contributed by atoms with Gasteiger partial charge in [0.25, 0.3) is 0 Å². The molecule has 0 bridgehead atoms. The summed E-state index contributed by atoms with van der Waals surface area (Å²) in [5.74, 6) is 0.0314. The number of amides is 1. The average Bonchev–Trinajstić information content (AvgIpc) is 2.12. The molecule has 0 saturated carbocycles. The maximum atomic E-state index is 12.2. The molecule has 0 aromatic rings. The molecule has 2 N–H and O–H groups in total.